The Bertz CT molecular complexity index is 1360. The molecule has 5 rings (SSSR count). The van der Waals surface area contributed by atoms with Crippen molar-refractivity contribution in [2.24, 2.45) is 0 Å². The van der Waals surface area contributed by atoms with Crippen LogP contribution in [0, 0.1) is 0 Å². The number of hydrogen-bond acceptors (Lipinski definition) is 0. The van der Waals surface area contributed by atoms with Crippen molar-refractivity contribution in [1.82, 2.24) is 0 Å². The van der Waals surface area contributed by atoms with Gasteiger partial charge in [-0.05, 0) is 29.4 Å². The van der Waals surface area contributed by atoms with Crippen LogP contribution in [0.3, 0.4) is 0 Å². The van der Waals surface area contributed by atoms with E-state index in [1.807, 2.05) is 0 Å². The van der Waals surface area contributed by atoms with Crippen LogP contribution in [0.15, 0.2) is 91.0 Å². The van der Waals surface area contributed by atoms with Crippen LogP contribution in [0.4, 0.5) is 0 Å². The van der Waals surface area contributed by atoms with Crippen LogP contribution in [0.5, 0.6) is 0 Å². The summed E-state index contributed by atoms with van der Waals surface area (Å²) in [4.78, 5) is 0. The number of rotatable bonds is 3. The van der Waals surface area contributed by atoms with E-state index in [1.165, 1.54) is 49.4 Å². The Hall–Kier alpha value is -1.44. The van der Waals surface area contributed by atoms with E-state index in [-0.39, 0.29) is 5.41 Å². The first-order valence-corrected chi connectivity index (χ1v) is 21.5. The van der Waals surface area contributed by atoms with Crippen molar-refractivity contribution in [3.8, 4) is 11.1 Å². The average Bonchev–Trinajstić information content (AvgIpc) is 3.56. The molecule has 5 aromatic carbocycles. The number of halogens is 2. The number of benzene rings is 3. The van der Waals surface area contributed by atoms with Crippen LogP contribution in [-0.2, 0) is 39.1 Å². The molecule has 198 valence electrons. The molecule has 2 radical (unpaired) electrons. The van der Waals surface area contributed by atoms with Gasteiger partial charge >= 0.3 is 37.9 Å². The summed E-state index contributed by atoms with van der Waals surface area (Å²) in [5.41, 5.74) is 7.14. The predicted octanol–water partition coefficient (Wildman–Crippen LogP) is 11.4. The minimum atomic E-state index is -0.826. The molecule has 38 heavy (non-hydrogen) atoms. The molecule has 0 aliphatic heterocycles. The summed E-state index contributed by atoms with van der Waals surface area (Å²) in [5.74, 6) is 0. The molecule has 0 atom stereocenters. The van der Waals surface area contributed by atoms with Crippen LogP contribution in [0.25, 0.3) is 32.7 Å². The van der Waals surface area contributed by atoms with Crippen LogP contribution in [0.1, 0.15) is 51.3 Å². The molecule has 0 N–H and O–H groups in total. The van der Waals surface area contributed by atoms with Crippen LogP contribution >= 0.6 is 17.0 Å². The van der Waals surface area contributed by atoms with Crippen LogP contribution < -0.4 is 0 Å². The van der Waals surface area contributed by atoms with Gasteiger partial charge in [0.2, 0.25) is 0 Å². The Balaban J connectivity index is 0.000000231. The Morgan fingerprint density at radius 1 is 0.789 bits per heavy atom. The number of fused-ring (bicyclic) bond motifs is 2. The summed E-state index contributed by atoms with van der Waals surface area (Å²) in [6.45, 7) is 15.5. The zero-order chi connectivity index (χ0) is 28.1. The minimum absolute atomic E-state index is 0.213. The number of hydrogen-bond donors (Lipinski definition) is 0. The molecule has 0 heterocycles. The fraction of sp³-hybridized carbons (Fsp3) is 0.294. The first-order chi connectivity index (χ1) is 18.2. The molecule has 0 unspecified atom stereocenters. The summed E-state index contributed by atoms with van der Waals surface area (Å²) < 4.78 is 0. The Kier molecular flexibility index (Phi) is 14.3. The molecule has 0 spiro atoms. The quantitative estimate of drug-likeness (QED) is 0.136. The molecular formula is C34H40Cl2SiZr. The first kappa shape index (κ1) is 32.8. The molecule has 0 fully saturated rings. The van der Waals surface area contributed by atoms with Crippen LogP contribution in [0.2, 0.25) is 13.1 Å². The first-order valence-electron chi connectivity index (χ1n) is 13.2. The van der Waals surface area contributed by atoms with Crippen molar-refractivity contribution < 1.29 is 20.8 Å². The summed E-state index contributed by atoms with van der Waals surface area (Å²) in [6.07, 6.45) is 2.27. The second kappa shape index (κ2) is 16.6. The van der Waals surface area contributed by atoms with Gasteiger partial charge < -0.3 is 0 Å². The molecule has 0 amide bonds. The van der Waals surface area contributed by atoms with Gasteiger partial charge in [0.15, 0.2) is 0 Å². The average molecular weight is 639 g/mol. The molecule has 0 saturated heterocycles. The summed E-state index contributed by atoms with van der Waals surface area (Å²) >= 11 is -0.826. The third kappa shape index (κ3) is 9.34. The standard InChI is InChI=1S/C19H19.C13H15.C2H6Si.2ClH.Zr/c1-19(2,3)16-12-10-15(11-13-16)18-9-5-7-14-6-4-8-17(14)18;1-3-10-8-12-7-5-6-11(4-2)13(12)9-10;1-3-2;;;/h4-13H,1-3H3;5-9H,3-4H2,1-2H3;1-2H3;2*1H;/q2*-1;;;;+4/p-2. The molecule has 4 heteroatoms. The van der Waals surface area contributed by atoms with Crippen molar-refractivity contribution in [2.45, 2.75) is 66.0 Å². The van der Waals surface area contributed by atoms with E-state index in [4.69, 9.17) is 17.0 Å². The third-order valence-corrected chi connectivity index (χ3v) is 6.43. The number of aryl methyl sites for hydroxylation is 2. The maximum absolute atomic E-state index is 4.93. The molecule has 0 aromatic heterocycles. The second-order valence-corrected chi connectivity index (χ2v) is 15.0. The van der Waals surface area contributed by atoms with Gasteiger partial charge in [-0.3, -0.25) is 0 Å². The molecule has 0 nitrogen and oxygen atoms in total. The maximum atomic E-state index is 4.93. The van der Waals surface area contributed by atoms with E-state index in [0.29, 0.717) is 0 Å². The molecular weight excluding hydrogens is 599 g/mol. The van der Waals surface area contributed by atoms with Crippen molar-refractivity contribution in [3.63, 3.8) is 0 Å². The predicted molar refractivity (Wildman–Crippen MR) is 171 cm³/mol. The van der Waals surface area contributed by atoms with Gasteiger partial charge in [-0.25, -0.2) is 0 Å². The van der Waals surface area contributed by atoms with Crippen LogP contribution in [-0.4, -0.2) is 9.52 Å². The van der Waals surface area contributed by atoms with Crippen molar-refractivity contribution >= 4 is 48.1 Å². The molecule has 0 saturated carbocycles. The summed E-state index contributed by atoms with van der Waals surface area (Å²) in [6, 6.07) is 33.2. The van der Waals surface area contributed by atoms with Crippen molar-refractivity contribution in [3.05, 3.63) is 108 Å². The molecule has 0 aliphatic carbocycles. The van der Waals surface area contributed by atoms with E-state index < -0.39 is 20.8 Å². The van der Waals surface area contributed by atoms with Crippen molar-refractivity contribution in [1.29, 1.82) is 0 Å². The van der Waals surface area contributed by atoms with Gasteiger partial charge in [0, 0.05) is 9.52 Å². The molecule has 5 aromatic rings. The Morgan fingerprint density at radius 3 is 1.97 bits per heavy atom. The van der Waals surface area contributed by atoms with E-state index in [9.17, 15) is 0 Å². The fourth-order valence-electron chi connectivity index (χ4n) is 4.44. The van der Waals surface area contributed by atoms with Crippen molar-refractivity contribution in [2.75, 3.05) is 0 Å². The second-order valence-electron chi connectivity index (χ2n) is 10.2. The zero-order valence-electron chi connectivity index (χ0n) is 23.8. The van der Waals surface area contributed by atoms with E-state index in [0.717, 1.165) is 22.4 Å². The van der Waals surface area contributed by atoms with E-state index in [2.05, 4.69) is 139 Å². The monoisotopic (exact) mass is 636 g/mol. The van der Waals surface area contributed by atoms with Gasteiger partial charge in [-0.2, -0.15) is 18.2 Å². The van der Waals surface area contributed by atoms with E-state index in [1.54, 1.807) is 0 Å². The Labute approximate surface area is 252 Å². The normalized spacial score (nSPS) is 10.4. The topological polar surface area (TPSA) is 0 Å². The van der Waals surface area contributed by atoms with Gasteiger partial charge in [-0.15, -0.1) is 63.5 Å². The van der Waals surface area contributed by atoms with E-state index >= 15 is 0 Å². The molecule has 0 aliphatic rings. The van der Waals surface area contributed by atoms with Gasteiger partial charge in [-0.1, -0.05) is 95.2 Å². The molecule has 0 bridgehead atoms. The zero-order valence-corrected chi connectivity index (χ0v) is 28.8. The third-order valence-electron chi connectivity index (χ3n) is 6.43. The summed E-state index contributed by atoms with van der Waals surface area (Å²) in [7, 11) is 11.0. The fourth-order valence-corrected chi connectivity index (χ4v) is 4.44. The SMILES string of the molecule is CC(C)(C)c1ccc(-c2cccc3[cH-]ccc23)cc1.CCc1cc2c(CC)cccc2[cH-]1.C[Si]C.[Cl][Zr+2][Cl]. The van der Waals surface area contributed by atoms with Gasteiger partial charge in [0.25, 0.3) is 0 Å². The summed E-state index contributed by atoms with van der Waals surface area (Å²) in [5, 5.41) is 5.50. The van der Waals surface area contributed by atoms with Gasteiger partial charge in [0.05, 0.1) is 0 Å². The van der Waals surface area contributed by atoms with Gasteiger partial charge in [0.1, 0.15) is 0 Å². The Morgan fingerprint density at radius 2 is 1.39 bits per heavy atom.